The summed E-state index contributed by atoms with van der Waals surface area (Å²) in [5.41, 5.74) is 0.662. The highest BCUT2D eigenvalue weighted by Crippen LogP contribution is 2.37. The molecule has 1 aliphatic carbocycles. The zero-order valence-electron chi connectivity index (χ0n) is 11.5. The molecule has 0 bridgehead atoms. The van der Waals surface area contributed by atoms with Crippen LogP contribution in [0.5, 0.6) is 0 Å². The van der Waals surface area contributed by atoms with Crippen molar-refractivity contribution >= 4 is 32.3 Å². The topological polar surface area (TPSA) is 87.6 Å². The van der Waals surface area contributed by atoms with Gasteiger partial charge in [0.25, 0.3) is 0 Å². The third-order valence-corrected chi connectivity index (χ3v) is 5.53. The van der Waals surface area contributed by atoms with Crippen LogP contribution in [0.1, 0.15) is 29.3 Å². The van der Waals surface area contributed by atoms with Gasteiger partial charge in [0.05, 0.1) is 11.4 Å². The van der Waals surface area contributed by atoms with E-state index in [4.69, 9.17) is 0 Å². The predicted octanol–water partition coefficient (Wildman–Crippen LogP) is 1.13. The van der Waals surface area contributed by atoms with Gasteiger partial charge >= 0.3 is 5.97 Å². The van der Waals surface area contributed by atoms with E-state index in [1.165, 1.54) is 17.6 Å². The second kappa shape index (κ2) is 5.69. The largest absolute Gasteiger partial charge is 0.481 e. The minimum absolute atomic E-state index is 0.0656. The lowest BCUT2D eigenvalue weighted by Crippen LogP contribution is -2.25. The molecular weight excluding hydrogens is 300 g/mol. The standard InChI is InChI=1S/C12H18N2O4S2/c1-14(6-7-20(2,17)18)12-13-10-8(11(15)16)4-3-5-9(10)19-12/h8H,3-7H2,1-2H3,(H,15,16). The number of thiazole rings is 1. The molecule has 0 spiro atoms. The molecule has 1 atom stereocenters. The lowest BCUT2D eigenvalue weighted by Gasteiger charge is -2.16. The monoisotopic (exact) mass is 318 g/mol. The summed E-state index contributed by atoms with van der Waals surface area (Å²) in [5.74, 6) is -1.29. The predicted molar refractivity (Wildman–Crippen MR) is 78.4 cm³/mol. The van der Waals surface area contributed by atoms with Crippen molar-refractivity contribution in [3.63, 3.8) is 0 Å². The fourth-order valence-corrected chi connectivity index (χ4v) is 3.96. The Morgan fingerprint density at radius 2 is 2.25 bits per heavy atom. The van der Waals surface area contributed by atoms with E-state index in [0.717, 1.165) is 17.7 Å². The van der Waals surface area contributed by atoms with Gasteiger partial charge in [0.2, 0.25) is 0 Å². The van der Waals surface area contributed by atoms with Crippen molar-refractivity contribution in [2.75, 3.05) is 30.5 Å². The Morgan fingerprint density at radius 3 is 2.85 bits per heavy atom. The Labute approximate surface area is 122 Å². The normalized spacial score (nSPS) is 18.6. The number of carboxylic acid groups (broad SMARTS) is 1. The van der Waals surface area contributed by atoms with Gasteiger partial charge < -0.3 is 10.0 Å². The van der Waals surface area contributed by atoms with E-state index in [1.54, 1.807) is 11.9 Å². The number of anilines is 1. The van der Waals surface area contributed by atoms with Gasteiger partial charge in [0.1, 0.15) is 15.8 Å². The number of aromatic nitrogens is 1. The van der Waals surface area contributed by atoms with E-state index in [0.29, 0.717) is 23.8 Å². The Hall–Kier alpha value is -1.15. The number of rotatable bonds is 5. The average Bonchev–Trinajstić information content (AvgIpc) is 2.78. The van der Waals surface area contributed by atoms with E-state index >= 15 is 0 Å². The molecule has 0 saturated carbocycles. The summed E-state index contributed by atoms with van der Waals surface area (Å²) in [6.07, 6.45) is 3.54. The molecule has 1 aliphatic rings. The minimum Gasteiger partial charge on any atom is -0.481 e. The second-order valence-corrected chi connectivity index (χ2v) is 8.46. The van der Waals surface area contributed by atoms with Crippen LogP contribution in [0.2, 0.25) is 0 Å². The summed E-state index contributed by atoms with van der Waals surface area (Å²) in [6.45, 7) is 0.364. The number of hydrogen-bond acceptors (Lipinski definition) is 6. The van der Waals surface area contributed by atoms with Gasteiger partial charge in [0.15, 0.2) is 5.13 Å². The van der Waals surface area contributed by atoms with Crippen LogP contribution in [0, 0.1) is 0 Å². The molecule has 0 saturated heterocycles. The van der Waals surface area contributed by atoms with Crippen molar-refractivity contribution in [1.29, 1.82) is 0 Å². The highest BCUT2D eigenvalue weighted by molar-refractivity contribution is 7.90. The SMILES string of the molecule is CN(CCS(C)(=O)=O)c1nc2c(s1)CCCC2C(=O)O. The number of hydrogen-bond donors (Lipinski definition) is 1. The lowest BCUT2D eigenvalue weighted by atomic mass is 9.91. The molecule has 0 aromatic carbocycles. The molecule has 1 heterocycles. The molecule has 1 unspecified atom stereocenters. The van der Waals surface area contributed by atoms with Crippen molar-refractivity contribution in [2.45, 2.75) is 25.2 Å². The Balaban J connectivity index is 2.17. The first-order chi connectivity index (χ1) is 9.28. The van der Waals surface area contributed by atoms with Crippen LogP contribution in [-0.2, 0) is 21.1 Å². The maximum absolute atomic E-state index is 11.2. The second-order valence-electron chi connectivity index (χ2n) is 5.14. The molecule has 112 valence electrons. The maximum atomic E-state index is 11.2. The maximum Gasteiger partial charge on any atom is 0.312 e. The van der Waals surface area contributed by atoms with Crippen LogP contribution in [-0.4, -0.2) is 50.1 Å². The van der Waals surface area contributed by atoms with Gasteiger partial charge in [-0.25, -0.2) is 13.4 Å². The van der Waals surface area contributed by atoms with E-state index < -0.39 is 21.7 Å². The highest BCUT2D eigenvalue weighted by Gasteiger charge is 2.30. The first kappa shape index (κ1) is 15.2. The Bertz CT molecular complexity index is 609. The van der Waals surface area contributed by atoms with Crippen LogP contribution < -0.4 is 4.90 Å². The number of sulfone groups is 1. The zero-order valence-corrected chi connectivity index (χ0v) is 13.1. The summed E-state index contributed by atoms with van der Waals surface area (Å²) < 4.78 is 22.4. The van der Waals surface area contributed by atoms with Gasteiger partial charge in [-0.15, -0.1) is 11.3 Å². The average molecular weight is 318 g/mol. The molecule has 1 N–H and O–H groups in total. The summed E-state index contributed by atoms with van der Waals surface area (Å²) in [4.78, 5) is 18.4. The molecule has 8 heteroatoms. The van der Waals surface area contributed by atoms with Crippen LogP contribution in [0.3, 0.4) is 0 Å². The third-order valence-electron chi connectivity index (χ3n) is 3.37. The van der Waals surface area contributed by atoms with Crippen LogP contribution in [0.4, 0.5) is 5.13 Å². The summed E-state index contributed by atoms with van der Waals surface area (Å²) in [5, 5.41) is 9.92. The van der Waals surface area contributed by atoms with Crippen molar-refractivity contribution < 1.29 is 18.3 Å². The number of aliphatic carboxylic acids is 1. The number of nitrogens with zero attached hydrogens (tertiary/aromatic N) is 2. The first-order valence-electron chi connectivity index (χ1n) is 6.39. The molecule has 0 radical (unpaired) electrons. The summed E-state index contributed by atoms with van der Waals surface area (Å²) in [6, 6.07) is 0. The van der Waals surface area contributed by atoms with Gasteiger partial charge in [0, 0.05) is 24.7 Å². The third kappa shape index (κ3) is 3.49. The first-order valence-corrected chi connectivity index (χ1v) is 9.27. The smallest absolute Gasteiger partial charge is 0.312 e. The number of aryl methyl sites for hydroxylation is 1. The zero-order chi connectivity index (χ0) is 14.9. The van der Waals surface area contributed by atoms with Crippen LogP contribution >= 0.6 is 11.3 Å². The molecule has 1 aromatic rings. The van der Waals surface area contributed by atoms with E-state index in [-0.39, 0.29) is 5.75 Å². The van der Waals surface area contributed by atoms with Gasteiger partial charge in [-0.2, -0.15) is 0 Å². The van der Waals surface area contributed by atoms with Gasteiger partial charge in [-0.05, 0) is 19.3 Å². The van der Waals surface area contributed by atoms with E-state index in [1.807, 2.05) is 0 Å². The van der Waals surface area contributed by atoms with E-state index in [2.05, 4.69) is 4.98 Å². The van der Waals surface area contributed by atoms with Crippen molar-refractivity contribution in [1.82, 2.24) is 4.98 Å². The molecular formula is C12H18N2O4S2. The minimum atomic E-state index is -3.01. The molecule has 0 fully saturated rings. The van der Waals surface area contributed by atoms with Gasteiger partial charge in [-0.1, -0.05) is 0 Å². The van der Waals surface area contributed by atoms with E-state index in [9.17, 15) is 18.3 Å². The number of fused-ring (bicyclic) bond motifs is 1. The lowest BCUT2D eigenvalue weighted by molar-refractivity contribution is -0.139. The molecule has 0 amide bonds. The van der Waals surface area contributed by atoms with Crippen molar-refractivity contribution in [2.24, 2.45) is 0 Å². The molecule has 20 heavy (non-hydrogen) atoms. The fourth-order valence-electron chi connectivity index (χ4n) is 2.21. The Morgan fingerprint density at radius 1 is 1.55 bits per heavy atom. The Kier molecular flexibility index (Phi) is 4.33. The molecule has 6 nitrogen and oxygen atoms in total. The quantitative estimate of drug-likeness (QED) is 0.875. The molecule has 0 aliphatic heterocycles. The molecule has 1 aromatic heterocycles. The highest BCUT2D eigenvalue weighted by atomic mass is 32.2. The van der Waals surface area contributed by atoms with Crippen LogP contribution in [0.15, 0.2) is 0 Å². The van der Waals surface area contributed by atoms with Crippen molar-refractivity contribution in [3.05, 3.63) is 10.6 Å². The molecule has 2 rings (SSSR count). The van der Waals surface area contributed by atoms with Crippen LogP contribution in [0.25, 0.3) is 0 Å². The number of carbonyl (C=O) groups is 1. The summed E-state index contributed by atoms with van der Waals surface area (Å²) in [7, 11) is -1.23. The fraction of sp³-hybridized carbons (Fsp3) is 0.667. The number of carboxylic acids is 1. The summed E-state index contributed by atoms with van der Waals surface area (Å²) >= 11 is 1.47. The van der Waals surface area contributed by atoms with Gasteiger partial charge in [-0.3, -0.25) is 4.79 Å². The van der Waals surface area contributed by atoms with Crippen molar-refractivity contribution in [3.8, 4) is 0 Å².